The van der Waals surface area contributed by atoms with Gasteiger partial charge in [-0.2, -0.15) is 8.42 Å². The van der Waals surface area contributed by atoms with Crippen LogP contribution in [0.15, 0.2) is 0 Å². The summed E-state index contributed by atoms with van der Waals surface area (Å²) in [5.74, 6) is 0. The van der Waals surface area contributed by atoms with Crippen molar-refractivity contribution in [1.29, 1.82) is 0 Å². The molecule has 4 heteroatoms. The van der Waals surface area contributed by atoms with Crippen molar-refractivity contribution in [3.63, 3.8) is 0 Å². The van der Waals surface area contributed by atoms with Gasteiger partial charge in [0.2, 0.25) is 0 Å². The fourth-order valence-electron chi connectivity index (χ4n) is 1.69. The Morgan fingerprint density at radius 1 is 0.929 bits per heavy atom. The first-order valence-corrected chi connectivity index (χ1v) is 6.77. The first-order chi connectivity index (χ1) is 6.63. The zero-order valence-corrected chi connectivity index (χ0v) is 10.6. The van der Waals surface area contributed by atoms with Crippen molar-refractivity contribution in [2.75, 3.05) is 19.6 Å². The minimum atomic E-state index is -2.33. The predicted molar refractivity (Wildman–Crippen MR) is 60.7 cm³/mol. The topological polar surface area (TPSA) is 34.1 Å². The van der Waals surface area contributed by atoms with Gasteiger partial charge in [-0.1, -0.05) is 19.8 Å². The number of rotatable bonds is 8. The minimum Gasteiger partial charge on any atom is -0.221 e. The minimum absolute atomic E-state index is 0.263. The van der Waals surface area contributed by atoms with Crippen LogP contribution >= 0.6 is 0 Å². The first kappa shape index (κ1) is 13.9. The summed E-state index contributed by atoms with van der Waals surface area (Å²) >= 11 is 0. The monoisotopic (exact) mass is 222 g/mol. The van der Waals surface area contributed by atoms with Crippen molar-refractivity contribution >= 4 is 10.9 Å². The van der Waals surface area contributed by atoms with Crippen LogP contribution < -0.4 is 0 Å². The summed E-state index contributed by atoms with van der Waals surface area (Å²) in [7, 11) is -2.33. The van der Waals surface area contributed by atoms with Crippen LogP contribution in [0, 0.1) is 0 Å². The molecule has 14 heavy (non-hydrogen) atoms. The molecular formula is C10H24NO2S+. The summed E-state index contributed by atoms with van der Waals surface area (Å²) in [4.78, 5) is 0. The third-order valence-electron chi connectivity index (χ3n) is 2.95. The summed E-state index contributed by atoms with van der Waals surface area (Å²) in [6, 6.07) is 0. The predicted octanol–water partition coefficient (Wildman–Crippen LogP) is 1.95. The highest BCUT2D eigenvalue weighted by atomic mass is 32.2. The van der Waals surface area contributed by atoms with Gasteiger partial charge in [-0.3, -0.25) is 0 Å². The molecule has 0 radical (unpaired) electrons. The number of quaternary nitrogens is 1. The van der Waals surface area contributed by atoms with Gasteiger partial charge in [0.05, 0.1) is 19.6 Å². The van der Waals surface area contributed by atoms with Crippen LogP contribution in [0.2, 0.25) is 0 Å². The van der Waals surface area contributed by atoms with E-state index in [1.807, 2.05) is 13.8 Å². The molecule has 0 bridgehead atoms. The molecule has 0 aliphatic heterocycles. The van der Waals surface area contributed by atoms with Gasteiger partial charge in [0.25, 0.3) is 10.9 Å². The van der Waals surface area contributed by atoms with Gasteiger partial charge in [-0.15, -0.1) is 0 Å². The van der Waals surface area contributed by atoms with Gasteiger partial charge in [-0.25, -0.2) is 3.89 Å². The third kappa shape index (κ3) is 3.96. The van der Waals surface area contributed by atoms with Crippen molar-refractivity contribution in [3.8, 4) is 0 Å². The van der Waals surface area contributed by atoms with Crippen molar-refractivity contribution in [3.05, 3.63) is 0 Å². The summed E-state index contributed by atoms with van der Waals surface area (Å²) in [6.07, 6.45) is 4.59. The molecule has 0 aliphatic carbocycles. The van der Waals surface area contributed by atoms with Crippen molar-refractivity contribution in [2.24, 2.45) is 0 Å². The normalized spacial score (nSPS) is 12.3. The van der Waals surface area contributed by atoms with Crippen molar-refractivity contribution < 1.29 is 12.3 Å². The number of hydrogen-bond acceptors (Lipinski definition) is 2. The lowest BCUT2D eigenvalue weighted by molar-refractivity contribution is -0.798. The molecule has 0 spiro atoms. The molecule has 3 nitrogen and oxygen atoms in total. The van der Waals surface area contributed by atoms with E-state index in [2.05, 4.69) is 6.92 Å². The Labute approximate surface area is 89.8 Å². The van der Waals surface area contributed by atoms with Crippen LogP contribution in [0.1, 0.15) is 46.5 Å². The highest BCUT2D eigenvalue weighted by Gasteiger charge is 2.25. The van der Waals surface area contributed by atoms with Crippen LogP contribution in [-0.2, 0) is 10.9 Å². The molecule has 0 unspecified atom stereocenters. The Morgan fingerprint density at radius 2 is 1.50 bits per heavy atom. The Kier molecular flexibility index (Phi) is 7.19. The average Bonchev–Trinajstić information content (AvgIpc) is 2.18. The van der Waals surface area contributed by atoms with Crippen LogP contribution in [0.3, 0.4) is 0 Å². The Morgan fingerprint density at radius 3 is 1.86 bits per heavy atom. The lowest BCUT2D eigenvalue weighted by Crippen LogP contribution is -2.46. The van der Waals surface area contributed by atoms with E-state index >= 15 is 0 Å². The molecule has 0 heterocycles. The van der Waals surface area contributed by atoms with E-state index in [-0.39, 0.29) is 3.89 Å². The molecular weight excluding hydrogens is 198 g/mol. The van der Waals surface area contributed by atoms with Gasteiger partial charge < -0.3 is 0 Å². The fraction of sp³-hybridized carbons (Fsp3) is 1.00. The summed E-state index contributed by atoms with van der Waals surface area (Å²) < 4.78 is 22.6. The molecule has 0 fully saturated rings. The number of unbranched alkanes of at least 4 members (excludes halogenated alkanes) is 3. The van der Waals surface area contributed by atoms with E-state index in [0.29, 0.717) is 13.1 Å². The average molecular weight is 222 g/mol. The molecule has 0 saturated carbocycles. The van der Waals surface area contributed by atoms with E-state index in [1.165, 1.54) is 12.8 Å². The third-order valence-corrected chi connectivity index (χ3v) is 4.41. The maximum absolute atomic E-state index is 11.2. The largest absolute Gasteiger partial charge is 0.287 e. The van der Waals surface area contributed by atoms with Gasteiger partial charge in [0.1, 0.15) is 0 Å². The second kappa shape index (κ2) is 7.23. The Hall–Kier alpha value is -0.0900. The summed E-state index contributed by atoms with van der Waals surface area (Å²) in [5.41, 5.74) is 0. The fourth-order valence-corrected chi connectivity index (χ4v) is 2.45. The molecule has 0 amide bonds. The standard InChI is InChI=1S/C10H24NO2S/c1-4-7-8-9-10-11(5-2,6-3)14(12)13/h14H,4-10H2,1-3H3/q+1. The maximum Gasteiger partial charge on any atom is 0.287 e. The van der Waals surface area contributed by atoms with Gasteiger partial charge in [0.15, 0.2) is 0 Å². The van der Waals surface area contributed by atoms with Crippen LogP contribution in [-0.4, -0.2) is 31.9 Å². The van der Waals surface area contributed by atoms with Crippen molar-refractivity contribution in [1.82, 2.24) is 0 Å². The van der Waals surface area contributed by atoms with E-state index in [9.17, 15) is 8.42 Å². The molecule has 0 aliphatic rings. The SMILES string of the molecule is CCCCCC[N+](CC)(CC)[SH](=O)=O. The molecule has 0 atom stereocenters. The lowest BCUT2D eigenvalue weighted by atomic mass is 10.2. The van der Waals surface area contributed by atoms with E-state index in [1.54, 1.807) is 0 Å². The number of thiol groups is 1. The highest BCUT2D eigenvalue weighted by molar-refractivity contribution is 7.66. The zero-order valence-electron chi connectivity index (χ0n) is 9.66. The van der Waals surface area contributed by atoms with Crippen LogP contribution in [0.25, 0.3) is 0 Å². The first-order valence-electron chi connectivity index (χ1n) is 5.64. The van der Waals surface area contributed by atoms with Gasteiger partial charge >= 0.3 is 0 Å². The second-order valence-corrected chi connectivity index (χ2v) is 5.07. The maximum atomic E-state index is 11.2. The van der Waals surface area contributed by atoms with Crippen LogP contribution in [0.4, 0.5) is 0 Å². The van der Waals surface area contributed by atoms with Crippen molar-refractivity contribution in [2.45, 2.75) is 46.5 Å². The molecule has 0 N–H and O–H groups in total. The number of nitrogens with zero attached hydrogens (tertiary/aromatic N) is 1. The quantitative estimate of drug-likeness (QED) is 0.387. The molecule has 86 valence electrons. The zero-order chi connectivity index (χ0) is 11.0. The lowest BCUT2D eigenvalue weighted by Gasteiger charge is -2.29. The van der Waals surface area contributed by atoms with E-state index < -0.39 is 10.9 Å². The molecule has 0 saturated heterocycles. The smallest absolute Gasteiger partial charge is 0.221 e. The Bertz CT molecular complexity index is 202. The van der Waals surface area contributed by atoms with Crippen LogP contribution in [0.5, 0.6) is 0 Å². The molecule has 0 rings (SSSR count). The summed E-state index contributed by atoms with van der Waals surface area (Å²) in [5, 5.41) is 0. The molecule has 0 aromatic carbocycles. The number of hydrogen-bond donors (Lipinski definition) is 1. The van der Waals surface area contributed by atoms with E-state index in [0.717, 1.165) is 19.4 Å². The second-order valence-electron chi connectivity index (χ2n) is 3.75. The molecule has 0 aromatic heterocycles. The van der Waals surface area contributed by atoms with Gasteiger partial charge in [-0.05, 0) is 26.7 Å². The van der Waals surface area contributed by atoms with E-state index in [4.69, 9.17) is 0 Å². The molecule has 0 aromatic rings. The Balaban J connectivity index is 4.09. The van der Waals surface area contributed by atoms with Gasteiger partial charge in [0, 0.05) is 0 Å². The highest BCUT2D eigenvalue weighted by Crippen LogP contribution is 2.10. The summed E-state index contributed by atoms with van der Waals surface area (Å²) in [6.45, 7) is 8.24.